The number of hydrogen-bond acceptors (Lipinski definition) is 8. The van der Waals surface area contributed by atoms with Gasteiger partial charge >= 0.3 is 0 Å². The van der Waals surface area contributed by atoms with E-state index in [4.69, 9.17) is 9.72 Å². The molecule has 3 heterocycles. The second kappa shape index (κ2) is 8.71. The summed E-state index contributed by atoms with van der Waals surface area (Å²) in [5.74, 6) is -0.624. The highest BCUT2D eigenvalue weighted by molar-refractivity contribution is 7.90. The first-order chi connectivity index (χ1) is 15.2. The highest BCUT2D eigenvalue weighted by Crippen LogP contribution is 2.37. The zero-order chi connectivity index (χ0) is 22.9. The maximum absolute atomic E-state index is 13.7. The fraction of sp³-hybridized carbons (Fsp3) is 0.273. The molecule has 2 aromatic heterocycles. The van der Waals surface area contributed by atoms with Crippen LogP contribution in [0.15, 0.2) is 46.3 Å². The summed E-state index contributed by atoms with van der Waals surface area (Å²) in [5.41, 5.74) is 5.41. The lowest BCUT2D eigenvalue weighted by molar-refractivity contribution is 0.180. The summed E-state index contributed by atoms with van der Waals surface area (Å²) >= 11 is 0. The van der Waals surface area contributed by atoms with Crippen LogP contribution in [0.25, 0.3) is 0 Å². The molecule has 0 radical (unpaired) electrons. The SMILES string of the molecule is COCc1ccc(Cc2cc(Nc3ccc(F)cc3S(C)(=O)=O)c3c(n2)CC(C)=N3)nn1. The fourth-order valence-corrected chi connectivity index (χ4v) is 4.34. The lowest BCUT2D eigenvalue weighted by atomic mass is 10.1. The van der Waals surface area contributed by atoms with Crippen molar-refractivity contribution in [2.24, 2.45) is 4.99 Å². The first-order valence-electron chi connectivity index (χ1n) is 9.87. The predicted molar refractivity (Wildman–Crippen MR) is 119 cm³/mol. The molecule has 4 rings (SSSR count). The van der Waals surface area contributed by atoms with Gasteiger partial charge in [-0.1, -0.05) is 0 Å². The smallest absolute Gasteiger partial charge is 0.177 e. The lowest BCUT2D eigenvalue weighted by Crippen LogP contribution is -2.06. The zero-order valence-corrected chi connectivity index (χ0v) is 18.7. The maximum atomic E-state index is 13.7. The van der Waals surface area contributed by atoms with Crippen LogP contribution in [0.5, 0.6) is 0 Å². The molecule has 1 aliphatic heterocycles. The Bertz CT molecular complexity index is 1310. The first-order valence-corrected chi connectivity index (χ1v) is 11.8. The van der Waals surface area contributed by atoms with E-state index in [2.05, 4.69) is 20.5 Å². The van der Waals surface area contributed by atoms with Crippen LogP contribution in [0.4, 0.5) is 21.5 Å². The Morgan fingerprint density at radius 1 is 1.06 bits per heavy atom. The molecule has 0 fully saturated rings. The third-order valence-corrected chi connectivity index (χ3v) is 6.02. The molecule has 8 nitrogen and oxygen atoms in total. The van der Waals surface area contributed by atoms with Gasteiger partial charge in [-0.05, 0) is 43.3 Å². The van der Waals surface area contributed by atoms with Gasteiger partial charge in [-0.25, -0.2) is 12.8 Å². The second-order valence-corrected chi connectivity index (χ2v) is 9.63. The number of ether oxygens (including phenoxy) is 1. The summed E-state index contributed by atoms with van der Waals surface area (Å²) in [5, 5.41) is 11.5. The molecular weight excluding hydrogens is 433 g/mol. The van der Waals surface area contributed by atoms with Gasteiger partial charge in [0.05, 0.1) is 40.0 Å². The van der Waals surface area contributed by atoms with Gasteiger partial charge in [0.25, 0.3) is 0 Å². The largest absolute Gasteiger partial charge is 0.378 e. The molecule has 0 aliphatic carbocycles. The number of anilines is 2. The number of nitrogens with zero attached hydrogens (tertiary/aromatic N) is 4. The fourth-order valence-electron chi connectivity index (χ4n) is 3.50. The number of pyridine rings is 1. The number of rotatable bonds is 7. The Hall–Kier alpha value is -3.24. The van der Waals surface area contributed by atoms with Crippen molar-refractivity contribution in [2.75, 3.05) is 18.7 Å². The van der Waals surface area contributed by atoms with Crippen LogP contribution in [-0.4, -0.2) is 42.7 Å². The third kappa shape index (κ3) is 4.81. The number of fused-ring (bicyclic) bond motifs is 1. The van der Waals surface area contributed by atoms with Crippen LogP contribution < -0.4 is 5.32 Å². The van der Waals surface area contributed by atoms with Crippen molar-refractivity contribution in [3.8, 4) is 0 Å². The van der Waals surface area contributed by atoms with Crippen molar-refractivity contribution in [2.45, 2.75) is 31.3 Å². The first kappa shape index (κ1) is 22.0. The Morgan fingerprint density at radius 3 is 2.50 bits per heavy atom. The van der Waals surface area contributed by atoms with E-state index in [0.717, 1.165) is 40.8 Å². The summed E-state index contributed by atoms with van der Waals surface area (Å²) in [6, 6.07) is 9.15. The average molecular weight is 456 g/mol. The van der Waals surface area contributed by atoms with E-state index in [0.29, 0.717) is 30.8 Å². The van der Waals surface area contributed by atoms with E-state index in [9.17, 15) is 12.8 Å². The van der Waals surface area contributed by atoms with Crippen LogP contribution >= 0.6 is 0 Å². The number of benzene rings is 1. The Kier molecular flexibility index (Phi) is 5.98. The van der Waals surface area contributed by atoms with Gasteiger partial charge in [-0.15, -0.1) is 0 Å². The molecule has 0 saturated carbocycles. The number of nitrogens with one attached hydrogen (secondary N) is 1. The minimum Gasteiger partial charge on any atom is -0.378 e. The quantitative estimate of drug-likeness (QED) is 0.581. The van der Waals surface area contributed by atoms with Crippen LogP contribution in [0.2, 0.25) is 0 Å². The number of hydrogen-bond donors (Lipinski definition) is 1. The van der Waals surface area contributed by atoms with E-state index in [1.54, 1.807) is 13.2 Å². The molecule has 1 aliphatic rings. The number of halogens is 1. The van der Waals surface area contributed by atoms with Gasteiger partial charge < -0.3 is 10.1 Å². The van der Waals surface area contributed by atoms with Crippen molar-refractivity contribution in [1.29, 1.82) is 0 Å². The Balaban J connectivity index is 1.71. The molecule has 166 valence electrons. The number of methoxy groups -OCH3 is 1. The molecule has 0 spiro atoms. The Morgan fingerprint density at radius 2 is 1.81 bits per heavy atom. The molecule has 0 unspecified atom stereocenters. The van der Waals surface area contributed by atoms with E-state index < -0.39 is 15.7 Å². The monoisotopic (exact) mass is 455 g/mol. The van der Waals surface area contributed by atoms with Gasteiger partial charge in [-0.2, -0.15) is 10.2 Å². The number of aliphatic imine (C=N–C) groups is 1. The van der Waals surface area contributed by atoms with Crippen molar-refractivity contribution in [3.05, 3.63) is 65.0 Å². The minimum absolute atomic E-state index is 0.122. The molecule has 3 aromatic rings. The minimum atomic E-state index is -3.65. The summed E-state index contributed by atoms with van der Waals surface area (Å²) in [7, 11) is -2.05. The summed E-state index contributed by atoms with van der Waals surface area (Å²) in [4.78, 5) is 9.16. The van der Waals surface area contributed by atoms with E-state index >= 15 is 0 Å². The number of sulfone groups is 1. The van der Waals surface area contributed by atoms with Crippen molar-refractivity contribution >= 4 is 32.6 Å². The molecule has 0 atom stereocenters. The molecule has 0 bridgehead atoms. The molecule has 0 amide bonds. The third-order valence-electron chi connectivity index (χ3n) is 4.89. The van der Waals surface area contributed by atoms with Crippen LogP contribution in [0, 0.1) is 5.82 Å². The summed E-state index contributed by atoms with van der Waals surface area (Å²) in [6.07, 6.45) is 2.08. The molecule has 0 saturated heterocycles. The predicted octanol–water partition coefficient (Wildman–Crippen LogP) is 3.54. The van der Waals surface area contributed by atoms with Gasteiger partial charge in [0.15, 0.2) is 9.84 Å². The molecule has 1 aromatic carbocycles. The normalized spacial score (nSPS) is 13.1. The van der Waals surface area contributed by atoms with E-state index in [1.165, 1.54) is 12.1 Å². The summed E-state index contributed by atoms with van der Waals surface area (Å²) in [6.45, 7) is 2.29. The topological polar surface area (TPSA) is 106 Å². The van der Waals surface area contributed by atoms with Gasteiger partial charge in [-0.3, -0.25) is 9.98 Å². The van der Waals surface area contributed by atoms with Crippen molar-refractivity contribution in [1.82, 2.24) is 15.2 Å². The maximum Gasteiger partial charge on any atom is 0.177 e. The lowest BCUT2D eigenvalue weighted by Gasteiger charge is -2.15. The van der Waals surface area contributed by atoms with Gasteiger partial charge in [0.1, 0.15) is 11.5 Å². The zero-order valence-electron chi connectivity index (χ0n) is 17.9. The molecule has 10 heteroatoms. The number of aromatic nitrogens is 3. The average Bonchev–Trinajstić information content (AvgIpc) is 3.11. The van der Waals surface area contributed by atoms with Crippen molar-refractivity contribution in [3.63, 3.8) is 0 Å². The highest BCUT2D eigenvalue weighted by Gasteiger charge is 2.21. The Labute approximate surface area is 185 Å². The van der Waals surface area contributed by atoms with Crippen LogP contribution in [0.3, 0.4) is 0 Å². The molecule has 1 N–H and O–H groups in total. The van der Waals surface area contributed by atoms with Crippen molar-refractivity contribution < 1.29 is 17.5 Å². The highest BCUT2D eigenvalue weighted by atomic mass is 32.2. The standard InChI is InChI=1S/C22H22FN5O3S/c1-13-8-19-22(24-13)20(26-18-7-4-14(23)9-21(18)32(3,29)30)11-17(25-19)10-15-5-6-16(12-31-2)28-27-15/h4-7,9,11H,8,10,12H2,1-3H3,(H,25,26). The molecule has 32 heavy (non-hydrogen) atoms. The van der Waals surface area contributed by atoms with Crippen LogP contribution in [0.1, 0.15) is 29.7 Å². The van der Waals surface area contributed by atoms with Crippen LogP contribution in [-0.2, 0) is 34.0 Å². The summed E-state index contributed by atoms with van der Waals surface area (Å²) < 4.78 is 43.2. The van der Waals surface area contributed by atoms with E-state index in [-0.39, 0.29) is 10.6 Å². The second-order valence-electron chi connectivity index (χ2n) is 7.64. The van der Waals surface area contributed by atoms with Gasteiger partial charge in [0, 0.05) is 37.6 Å². The van der Waals surface area contributed by atoms with E-state index in [1.807, 2.05) is 19.1 Å². The van der Waals surface area contributed by atoms with Gasteiger partial charge in [0.2, 0.25) is 0 Å². The molecular formula is C22H22FN5O3S.